The Balaban J connectivity index is 2.40. The number of benzene rings is 1. The topological polar surface area (TPSA) is 9.23 Å². The van der Waals surface area contributed by atoms with Gasteiger partial charge in [-0.1, -0.05) is 39.8 Å². The van der Waals surface area contributed by atoms with Crippen molar-refractivity contribution < 1.29 is 4.74 Å². The summed E-state index contributed by atoms with van der Waals surface area (Å²) in [5.74, 6) is 3.07. The molecule has 0 aliphatic carbocycles. The zero-order chi connectivity index (χ0) is 11.7. The monoisotopic (exact) mass is 218 g/mol. The van der Waals surface area contributed by atoms with E-state index in [0.717, 1.165) is 18.8 Å². The van der Waals surface area contributed by atoms with Crippen LogP contribution < -0.4 is 4.74 Å². The van der Waals surface area contributed by atoms with Gasteiger partial charge in [0.05, 0.1) is 6.61 Å². The standard InChI is InChI=1S/C15H22O/c1-10(2)12-5-6-15-14(9-12)13(11(3)4)7-8-16-15/h5-6,9-11,13H,7-8H2,1-4H3. The molecule has 1 heteroatoms. The third-order valence-corrected chi connectivity index (χ3v) is 3.59. The van der Waals surface area contributed by atoms with Crippen LogP contribution in [0.4, 0.5) is 0 Å². The average molecular weight is 218 g/mol. The lowest BCUT2D eigenvalue weighted by Crippen LogP contribution is -2.18. The smallest absolute Gasteiger partial charge is 0.122 e. The molecule has 0 saturated heterocycles. The Bertz CT molecular complexity index is 366. The first-order valence-corrected chi connectivity index (χ1v) is 6.36. The summed E-state index contributed by atoms with van der Waals surface area (Å²) in [4.78, 5) is 0. The predicted octanol–water partition coefficient (Wildman–Crippen LogP) is 4.33. The fourth-order valence-corrected chi connectivity index (χ4v) is 2.49. The highest BCUT2D eigenvalue weighted by Crippen LogP contribution is 2.39. The van der Waals surface area contributed by atoms with Gasteiger partial charge in [-0.15, -0.1) is 0 Å². The maximum Gasteiger partial charge on any atom is 0.122 e. The van der Waals surface area contributed by atoms with Crippen LogP contribution >= 0.6 is 0 Å². The van der Waals surface area contributed by atoms with Gasteiger partial charge in [0.2, 0.25) is 0 Å². The van der Waals surface area contributed by atoms with Gasteiger partial charge in [0, 0.05) is 0 Å². The van der Waals surface area contributed by atoms with Gasteiger partial charge in [0.15, 0.2) is 0 Å². The van der Waals surface area contributed by atoms with Crippen molar-refractivity contribution in [1.29, 1.82) is 0 Å². The van der Waals surface area contributed by atoms with Crippen molar-refractivity contribution in [3.8, 4) is 5.75 Å². The minimum Gasteiger partial charge on any atom is -0.493 e. The molecule has 0 saturated carbocycles. The molecule has 0 bridgehead atoms. The maximum atomic E-state index is 5.74. The summed E-state index contributed by atoms with van der Waals surface area (Å²) >= 11 is 0. The Morgan fingerprint density at radius 3 is 2.56 bits per heavy atom. The van der Waals surface area contributed by atoms with E-state index < -0.39 is 0 Å². The van der Waals surface area contributed by atoms with Crippen molar-refractivity contribution in [2.45, 2.75) is 46.0 Å². The normalized spacial score (nSPS) is 19.8. The van der Waals surface area contributed by atoms with Crippen LogP contribution in [0.25, 0.3) is 0 Å². The average Bonchev–Trinajstić information content (AvgIpc) is 2.27. The highest BCUT2D eigenvalue weighted by Gasteiger charge is 2.24. The van der Waals surface area contributed by atoms with Gasteiger partial charge in [-0.25, -0.2) is 0 Å². The maximum absolute atomic E-state index is 5.74. The highest BCUT2D eigenvalue weighted by molar-refractivity contribution is 5.42. The summed E-state index contributed by atoms with van der Waals surface area (Å²) in [6.07, 6.45) is 1.16. The summed E-state index contributed by atoms with van der Waals surface area (Å²) < 4.78 is 5.74. The first-order valence-electron chi connectivity index (χ1n) is 6.36. The minimum absolute atomic E-state index is 0.597. The minimum atomic E-state index is 0.597. The van der Waals surface area contributed by atoms with E-state index in [1.54, 1.807) is 0 Å². The lowest BCUT2D eigenvalue weighted by molar-refractivity contribution is 0.247. The molecule has 16 heavy (non-hydrogen) atoms. The quantitative estimate of drug-likeness (QED) is 0.717. The third-order valence-electron chi connectivity index (χ3n) is 3.59. The summed E-state index contributed by atoms with van der Waals surface area (Å²) in [6, 6.07) is 6.70. The summed E-state index contributed by atoms with van der Waals surface area (Å²) in [5, 5.41) is 0. The number of fused-ring (bicyclic) bond motifs is 1. The second-order valence-corrected chi connectivity index (χ2v) is 5.44. The molecule has 1 atom stereocenters. The Labute approximate surface area is 98.8 Å². The molecule has 0 N–H and O–H groups in total. The third kappa shape index (κ3) is 2.09. The van der Waals surface area contributed by atoms with Gasteiger partial charge in [0.25, 0.3) is 0 Å². The van der Waals surface area contributed by atoms with Crippen LogP contribution in [0.5, 0.6) is 5.75 Å². The first-order chi connectivity index (χ1) is 7.59. The molecule has 0 radical (unpaired) electrons. The zero-order valence-electron chi connectivity index (χ0n) is 10.8. The molecule has 88 valence electrons. The predicted molar refractivity (Wildman–Crippen MR) is 68.2 cm³/mol. The van der Waals surface area contributed by atoms with Crippen molar-refractivity contribution in [3.05, 3.63) is 29.3 Å². The van der Waals surface area contributed by atoms with Crippen LogP contribution in [0.3, 0.4) is 0 Å². The largest absolute Gasteiger partial charge is 0.493 e. The molecular formula is C15H22O. The van der Waals surface area contributed by atoms with E-state index >= 15 is 0 Å². The molecule has 0 amide bonds. The van der Waals surface area contributed by atoms with Crippen LogP contribution in [0.15, 0.2) is 18.2 Å². The number of ether oxygens (including phenoxy) is 1. The van der Waals surface area contributed by atoms with Crippen LogP contribution in [-0.4, -0.2) is 6.61 Å². The van der Waals surface area contributed by atoms with E-state index in [1.165, 1.54) is 11.1 Å². The van der Waals surface area contributed by atoms with E-state index in [0.29, 0.717) is 17.8 Å². The first kappa shape index (κ1) is 11.5. The van der Waals surface area contributed by atoms with Crippen LogP contribution in [-0.2, 0) is 0 Å². The molecule has 1 heterocycles. The van der Waals surface area contributed by atoms with E-state index in [1.807, 2.05) is 0 Å². The van der Waals surface area contributed by atoms with Crippen LogP contribution in [0, 0.1) is 5.92 Å². The van der Waals surface area contributed by atoms with E-state index in [-0.39, 0.29) is 0 Å². The van der Waals surface area contributed by atoms with Gasteiger partial charge in [-0.2, -0.15) is 0 Å². The van der Waals surface area contributed by atoms with Crippen LogP contribution in [0.1, 0.15) is 57.1 Å². The molecular weight excluding hydrogens is 196 g/mol. The van der Waals surface area contributed by atoms with Crippen molar-refractivity contribution in [1.82, 2.24) is 0 Å². The number of hydrogen-bond acceptors (Lipinski definition) is 1. The molecule has 0 aromatic heterocycles. The Morgan fingerprint density at radius 1 is 1.19 bits per heavy atom. The molecule has 0 spiro atoms. The second kappa shape index (κ2) is 4.48. The summed E-state index contributed by atoms with van der Waals surface area (Å²) in [6.45, 7) is 9.98. The summed E-state index contributed by atoms with van der Waals surface area (Å²) in [5.41, 5.74) is 2.85. The van der Waals surface area contributed by atoms with Crippen molar-refractivity contribution in [2.75, 3.05) is 6.61 Å². The summed E-state index contributed by atoms with van der Waals surface area (Å²) in [7, 11) is 0. The van der Waals surface area contributed by atoms with Crippen LogP contribution in [0.2, 0.25) is 0 Å². The van der Waals surface area contributed by atoms with E-state index in [4.69, 9.17) is 4.74 Å². The Hall–Kier alpha value is -0.980. The zero-order valence-corrected chi connectivity index (χ0v) is 10.8. The van der Waals surface area contributed by atoms with E-state index in [9.17, 15) is 0 Å². The molecule has 1 aliphatic heterocycles. The van der Waals surface area contributed by atoms with Crippen molar-refractivity contribution >= 4 is 0 Å². The number of hydrogen-bond donors (Lipinski definition) is 0. The van der Waals surface area contributed by atoms with Gasteiger partial charge >= 0.3 is 0 Å². The van der Waals surface area contributed by atoms with Gasteiger partial charge in [0.1, 0.15) is 5.75 Å². The lowest BCUT2D eigenvalue weighted by atomic mass is 9.82. The molecule has 1 nitrogen and oxygen atoms in total. The second-order valence-electron chi connectivity index (χ2n) is 5.44. The Morgan fingerprint density at radius 2 is 1.94 bits per heavy atom. The van der Waals surface area contributed by atoms with E-state index in [2.05, 4.69) is 45.9 Å². The van der Waals surface area contributed by atoms with Crippen molar-refractivity contribution in [2.24, 2.45) is 5.92 Å². The molecule has 2 rings (SSSR count). The van der Waals surface area contributed by atoms with Gasteiger partial charge in [-0.05, 0) is 41.4 Å². The molecule has 1 aromatic carbocycles. The Kier molecular flexibility index (Phi) is 3.22. The molecule has 1 aliphatic rings. The molecule has 0 fully saturated rings. The van der Waals surface area contributed by atoms with Gasteiger partial charge < -0.3 is 4.74 Å². The lowest BCUT2D eigenvalue weighted by Gasteiger charge is -2.29. The SMILES string of the molecule is CC(C)c1ccc2c(c1)C(C(C)C)CCO2. The van der Waals surface area contributed by atoms with Gasteiger partial charge in [-0.3, -0.25) is 0 Å². The fraction of sp³-hybridized carbons (Fsp3) is 0.600. The number of rotatable bonds is 2. The molecule has 1 aromatic rings. The van der Waals surface area contributed by atoms with Crippen molar-refractivity contribution in [3.63, 3.8) is 0 Å². The molecule has 1 unspecified atom stereocenters. The fourth-order valence-electron chi connectivity index (χ4n) is 2.49. The highest BCUT2D eigenvalue weighted by atomic mass is 16.5.